The first-order valence-electron chi connectivity index (χ1n) is 6.56. The Labute approximate surface area is 122 Å². The second kappa shape index (κ2) is 6.21. The van der Waals surface area contributed by atoms with E-state index < -0.39 is 10.7 Å². The maximum absolute atomic E-state index is 13.8. The molecule has 0 fully saturated rings. The van der Waals surface area contributed by atoms with E-state index in [0.29, 0.717) is 17.9 Å². The lowest BCUT2D eigenvalue weighted by atomic mass is 10.2. The highest BCUT2D eigenvalue weighted by Crippen LogP contribution is 2.28. The summed E-state index contributed by atoms with van der Waals surface area (Å²) in [5, 5.41) is 16.8. The molecule has 0 heterocycles. The lowest BCUT2D eigenvalue weighted by Crippen LogP contribution is -2.00. The Kier molecular flexibility index (Phi) is 4.37. The van der Waals surface area contributed by atoms with Crippen LogP contribution in [0.3, 0.4) is 0 Å². The highest BCUT2D eigenvalue weighted by atomic mass is 19.1. The monoisotopic (exact) mass is 289 g/mol. The van der Waals surface area contributed by atoms with Crippen molar-refractivity contribution < 1.29 is 9.31 Å². The predicted octanol–water partition coefficient (Wildman–Crippen LogP) is 4.22. The van der Waals surface area contributed by atoms with Gasteiger partial charge in [-0.1, -0.05) is 6.07 Å². The Morgan fingerprint density at radius 2 is 1.90 bits per heavy atom. The van der Waals surface area contributed by atoms with Crippen LogP contribution in [-0.2, 0) is 0 Å². The van der Waals surface area contributed by atoms with Crippen molar-refractivity contribution >= 4 is 22.7 Å². The number of benzene rings is 2. The second-order valence-electron chi connectivity index (χ2n) is 4.66. The van der Waals surface area contributed by atoms with Crippen LogP contribution in [0.1, 0.15) is 12.5 Å². The number of anilines is 3. The number of non-ortho nitro benzene ring substituents is 1. The van der Waals surface area contributed by atoms with Crippen molar-refractivity contribution in [2.45, 2.75) is 13.8 Å². The van der Waals surface area contributed by atoms with Crippen LogP contribution in [-0.4, -0.2) is 11.5 Å². The number of nitrogens with one attached hydrogen (secondary N) is 2. The van der Waals surface area contributed by atoms with E-state index in [1.165, 1.54) is 18.2 Å². The van der Waals surface area contributed by atoms with Crippen molar-refractivity contribution in [3.8, 4) is 0 Å². The lowest BCUT2D eigenvalue weighted by Gasteiger charge is -2.10. The van der Waals surface area contributed by atoms with Gasteiger partial charge in [0, 0.05) is 30.1 Å². The van der Waals surface area contributed by atoms with Gasteiger partial charge in [0.15, 0.2) is 0 Å². The summed E-state index contributed by atoms with van der Waals surface area (Å²) in [4.78, 5) is 10.5. The Morgan fingerprint density at radius 1 is 1.19 bits per heavy atom. The molecule has 21 heavy (non-hydrogen) atoms. The van der Waals surface area contributed by atoms with Crippen LogP contribution in [0.2, 0.25) is 0 Å². The number of hydrogen-bond acceptors (Lipinski definition) is 4. The Balaban J connectivity index is 2.36. The number of halogens is 1. The zero-order valence-electron chi connectivity index (χ0n) is 11.8. The van der Waals surface area contributed by atoms with Crippen LogP contribution in [0.4, 0.5) is 27.1 Å². The maximum Gasteiger partial charge on any atom is 0.273 e. The zero-order valence-corrected chi connectivity index (χ0v) is 11.8. The minimum atomic E-state index is -0.475. The van der Waals surface area contributed by atoms with E-state index in [1.54, 1.807) is 25.1 Å². The molecule has 0 saturated carbocycles. The fraction of sp³-hybridized carbons (Fsp3) is 0.200. The van der Waals surface area contributed by atoms with E-state index >= 15 is 0 Å². The second-order valence-corrected chi connectivity index (χ2v) is 4.66. The van der Waals surface area contributed by atoms with Gasteiger partial charge >= 0.3 is 0 Å². The number of nitro groups is 1. The summed E-state index contributed by atoms with van der Waals surface area (Å²) in [5.74, 6) is -0.397. The van der Waals surface area contributed by atoms with Gasteiger partial charge in [0.1, 0.15) is 5.82 Å². The topological polar surface area (TPSA) is 67.2 Å². The summed E-state index contributed by atoms with van der Waals surface area (Å²) in [6.45, 7) is 4.33. The summed E-state index contributed by atoms with van der Waals surface area (Å²) in [7, 11) is 0. The van der Waals surface area contributed by atoms with Gasteiger partial charge in [-0.25, -0.2) is 4.39 Å². The van der Waals surface area contributed by atoms with E-state index in [9.17, 15) is 14.5 Å². The van der Waals surface area contributed by atoms with Crippen LogP contribution >= 0.6 is 0 Å². The molecule has 5 nitrogen and oxygen atoms in total. The summed E-state index contributed by atoms with van der Waals surface area (Å²) >= 11 is 0. The normalized spacial score (nSPS) is 10.2. The molecule has 0 atom stereocenters. The predicted molar refractivity (Wildman–Crippen MR) is 81.7 cm³/mol. The smallest absolute Gasteiger partial charge is 0.273 e. The highest BCUT2D eigenvalue weighted by Gasteiger charge is 2.11. The number of aryl methyl sites for hydroxylation is 1. The molecule has 2 N–H and O–H groups in total. The highest BCUT2D eigenvalue weighted by molar-refractivity contribution is 5.69. The van der Waals surface area contributed by atoms with E-state index in [2.05, 4.69) is 10.6 Å². The van der Waals surface area contributed by atoms with Crippen molar-refractivity contribution in [2.24, 2.45) is 0 Å². The number of rotatable bonds is 5. The summed E-state index contributed by atoms with van der Waals surface area (Å²) in [6, 6.07) is 9.31. The molecule has 110 valence electrons. The average Bonchev–Trinajstić information content (AvgIpc) is 2.42. The molecule has 0 aliphatic carbocycles. The lowest BCUT2D eigenvalue weighted by molar-refractivity contribution is -0.384. The standard InChI is InChI=1S/C15H16FN3O2/c1-3-17-11-7-12(9-13(8-11)19(20)21)18-15-5-4-10(2)6-14(15)16/h4-9,17-18H,3H2,1-2H3. The van der Waals surface area contributed by atoms with Gasteiger partial charge in [0.2, 0.25) is 0 Å². The van der Waals surface area contributed by atoms with Crippen molar-refractivity contribution in [3.05, 3.63) is 57.9 Å². The fourth-order valence-corrected chi connectivity index (χ4v) is 1.97. The van der Waals surface area contributed by atoms with Crippen LogP contribution in [0, 0.1) is 22.9 Å². The Bertz CT molecular complexity index is 674. The number of nitrogens with zero attached hydrogens (tertiary/aromatic N) is 1. The van der Waals surface area contributed by atoms with Crippen molar-refractivity contribution in [1.82, 2.24) is 0 Å². The third-order valence-corrected chi connectivity index (χ3v) is 2.91. The first-order chi connectivity index (χ1) is 9.99. The maximum atomic E-state index is 13.8. The molecular weight excluding hydrogens is 273 g/mol. The van der Waals surface area contributed by atoms with Gasteiger partial charge in [0.25, 0.3) is 5.69 Å². The molecule has 0 spiro atoms. The molecule has 2 aromatic carbocycles. The third-order valence-electron chi connectivity index (χ3n) is 2.91. The van der Waals surface area contributed by atoms with Gasteiger partial charge in [-0.3, -0.25) is 10.1 Å². The van der Waals surface area contributed by atoms with Gasteiger partial charge in [-0.2, -0.15) is 0 Å². The SMILES string of the molecule is CCNc1cc(Nc2ccc(C)cc2F)cc([N+](=O)[O-])c1. The summed E-state index contributed by atoms with van der Waals surface area (Å²) in [5.41, 5.74) is 2.11. The Hall–Kier alpha value is -2.63. The molecule has 0 radical (unpaired) electrons. The van der Waals surface area contributed by atoms with E-state index in [0.717, 1.165) is 5.56 Å². The molecule has 0 aliphatic heterocycles. The van der Waals surface area contributed by atoms with Gasteiger partial charge < -0.3 is 10.6 Å². The van der Waals surface area contributed by atoms with E-state index in [-0.39, 0.29) is 11.4 Å². The average molecular weight is 289 g/mol. The molecule has 0 aliphatic rings. The minimum absolute atomic E-state index is 0.0523. The summed E-state index contributed by atoms with van der Waals surface area (Å²) in [6.07, 6.45) is 0. The van der Waals surface area contributed by atoms with Crippen LogP contribution in [0.25, 0.3) is 0 Å². The first-order valence-corrected chi connectivity index (χ1v) is 6.56. The zero-order chi connectivity index (χ0) is 15.4. The minimum Gasteiger partial charge on any atom is -0.385 e. The van der Waals surface area contributed by atoms with Crippen molar-refractivity contribution in [1.29, 1.82) is 0 Å². The molecule has 0 saturated heterocycles. The molecule has 0 unspecified atom stereocenters. The van der Waals surface area contributed by atoms with Crippen LogP contribution in [0.5, 0.6) is 0 Å². The van der Waals surface area contributed by atoms with Crippen molar-refractivity contribution in [3.63, 3.8) is 0 Å². The molecular formula is C15H16FN3O2. The van der Waals surface area contributed by atoms with Crippen LogP contribution in [0.15, 0.2) is 36.4 Å². The van der Waals surface area contributed by atoms with Gasteiger partial charge in [-0.05, 0) is 37.6 Å². The molecule has 0 bridgehead atoms. The Morgan fingerprint density at radius 3 is 2.52 bits per heavy atom. The molecule has 2 rings (SSSR count). The molecule has 2 aromatic rings. The summed E-state index contributed by atoms with van der Waals surface area (Å²) < 4.78 is 13.8. The van der Waals surface area contributed by atoms with E-state index in [4.69, 9.17) is 0 Å². The molecule has 0 amide bonds. The molecule has 6 heteroatoms. The van der Waals surface area contributed by atoms with Gasteiger partial charge in [-0.15, -0.1) is 0 Å². The molecule has 0 aromatic heterocycles. The largest absolute Gasteiger partial charge is 0.385 e. The van der Waals surface area contributed by atoms with E-state index in [1.807, 2.05) is 6.92 Å². The van der Waals surface area contributed by atoms with Gasteiger partial charge in [0.05, 0.1) is 10.6 Å². The quantitative estimate of drug-likeness (QED) is 0.639. The number of hydrogen-bond donors (Lipinski definition) is 2. The van der Waals surface area contributed by atoms with Crippen molar-refractivity contribution in [2.75, 3.05) is 17.2 Å². The van der Waals surface area contributed by atoms with Crippen LogP contribution < -0.4 is 10.6 Å². The first kappa shape index (κ1) is 14.8. The number of nitro benzene ring substituents is 1. The third kappa shape index (κ3) is 3.68. The fourth-order valence-electron chi connectivity index (χ4n) is 1.97.